The first-order chi connectivity index (χ1) is 31.3. The third-order valence-corrected chi connectivity index (χ3v) is 14.1. The van der Waals surface area contributed by atoms with Crippen molar-refractivity contribution in [3.63, 3.8) is 0 Å². The van der Waals surface area contributed by atoms with Gasteiger partial charge in [0.2, 0.25) is 0 Å². The molecule has 0 spiro atoms. The summed E-state index contributed by atoms with van der Waals surface area (Å²) in [4.78, 5) is 2.45. The van der Waals surface area contributed by atoms with Crippen molar-refractivity contribution in [3.05, 3.63) is 224 Å². The number of nitrogens with zero attached hydrogens (tertiary/aromatic N) is 1. The Bertz CT molecular complexity index is 3910. The number of thiophene rings is 1. The van der Waals surface area contributed by atoms with Crippen molar-refractivity contribution in [2.45, 2.75) is 0 Å². The Hall–Kier alpha value is -7.98. The molecule has 0 unspecified atom stereocenters. The summed E-state index contributed by atoms with van der Waals surface area (Å²) in [5.74, 6) is 0. The Labute approximate surface area is 368 Å². The molecule has 0 radical (unpaired) electrons. The Morgan fingerprint density at radius 3 is 1.83 bits per heavy atom. The Kier molecular flexibility index (Phi) is 8.12. The highest BCUT2D eigenvalue weighted by Gasteiger charge is 2.25. The van der Waals surface area contributed by atoms with Crippen molar-refractivity contribution in [3.8, 4) is 33.4 Å². The zero-order valence-electron chi connectivity index (χ0n) is 34.1. The molecule has 0 aliphatic heterocycles. The summed E-state index contributed by atoms with van der Waals surface area (Å²) < 4.78 is 9.57. The molecule has 0 bridgehead atoms. The van der Waals surface area contributed by atoms with Gasteiger partial charge >= 0.3 is 0 Å². The highest BCUT2D eigenvalue weighted by Crippen LogP contribution is 2.50. The predicted octanol–water partition coefficient (Wildman–Crippen LogP) is 17.9. The lowest BCUT2D eigenvalue weighted by atomic mass is 9.94. The Morgan fingerprint density at radius 1 is 0.333 bits per heavy atom. The normalized spacial score (nSPS) is 11.8. The molecule has 2 nitrogen and oxygen atoms in total. The van der Waals surface area contributed by atoms with Crippen LogP contribution in [0, 0.1) is 0 Å². The number of para-hydroxylation sites is 1. The van der Waals surface area contributed by atoms with E-state index in [9.17, 15) is 0 Å². The van der Waals surface area contributed by atoms with Gasteiger partial charge in [0, 0.05) is 42.2 Å². The van der Waals surface area contributed by atoms with Crippen molar-refractivity contribution in [1.29, 1.82) is 0 Å². The second kappa shape index (κ2) is 14.3. The van der Waals surface area contributed by atoms with Gasteiger partial charge in [0.1, 0.15) is 11.2 Å². The molecular weight excluding hydrogens is 783 g/mol. The van der Waals surface area contributed by atoms with Crippen LogP contribution in [-0.2, 0) is 0 Å². The number of furan rings is 1. The van der Waals surface area contributed by atoms with Gasteiger partial charge < -0.3 is 9.32 Å². The lowest BCUT2D eigenvalue weighted by Crippen LogP contribution is -2.11. The molecule has 0 aliphatic rings. The second-order valence-corrected chi connectivity index (χ2v) is 17.4. The number of hydrogen-bond acceptors (Lipinski definition) is 3. The molecule has 63 heavy (non-hydrogen) atoms. The van der Waals surface area contributed by atoms with Gasteiger partial charge in [-0.05, 0) is 97.2 Å². The fourth-order valence-corrected chi connectivity index (χ4v) is 11.3. The lowest BCUT2D eigenvalue weighted by Gasteiger charge is -2.28. The molecule has 11 aromatic carbocycles. The molecule has 3 heteroatoms. The largest absolute Gasteiger partial charge is 0.455 e. The van der Waals surface area contributed by atoms with E-state index in [0.29, 0.717) is 0 Å². The zero-order chi connectivity index (χ0) is 41.4. The second-order valence-electron chi connectivity index (χ2n) is 16.3. The first-order valence-corrected chi connectivity index (χ1v) is 22.3. The van der Waals surface area contributed by atoms with Gasteiger partial charge in [-0.3, -0.25) is 0 Å². The van der Waals surface area contributed by atoms with E-state index < -0.39 is 0 Å². The molecule has 2 heterocycles. The third kappa shape index (κ3) is 5.64. The van der Waals surface area contributed by atoms with E-state index in [1.807, 2.05) is 11.3 Å². The molecule has 13 aromatic rings. The summed E-state index contributed by atoms with van der Waals surface area (Å²) in [5, 5.41) is 12.0. The van der Waals surface area contributed by atoms with Crippen LogP contribution in [0.1, 0.15) is 0 Å². The summed E-state index contributed by atoms with van der Waals surface area (Å²) in [6.45, 7) is 0. The van der Waals surface area contributed by atoms with E-state index in [4.69, 9.17) is 4.42 Å². The van der Waals surface area contributed by atoms with Crippen LogP contribution in [0.3, 0.4) is 0 Å². The van der Waals surface area contributed by atoms with Crippen LogP contribution in [0.15, 0.2) is 229 Å². The number of fused-ring (bicyclic) bond motifs is 10. The van der Waals surface area contributed by atoms with Crippen molar-refractivity contribution in [2.75, 3.05) is 4.90 Å². The van der Waals surface area contributed by atoms with E-state index in [2.05, 4.69) is 229 Å². The first-order valence-electron chi connectivity index (χ1n) is 21.5. The van der Waals surface area contributed by atoms with Crippen LogP contribution in [0.5, 0.6) is 0 Å². The molecule has 294 valence electrons. The van der Waals surface area contributed by atoms with Gasteiger partial charge in [0.05, 0.1) is 16.8 Å². The van der Waals surface area contributed by atoms with Gasteiger partial charge in [0.25, 0.3) is 0 Å². The van der Waals surface area contributed by atoms with Gasteiger partial charge in [-0.1, -0.05) is 182 Å². The van der Waals surface area contributed by atoms with Crippen LogP contribution in [0.4, 0.5) is 17.1 Å². The number of anilines is 3. The summed E-state index contributed by atoms with van der Waals surface area (Å²) in [6, 6.07) is 81.6. The van der Waals surface area contributed by atoms with Crippen LogP contribution in [-0.4, -0.2) is 0 Å². The maximum absolute atomic E-state index is 6.96. The summed E-state index contributed by atoms with van der Waals surface area (Å²) in [6.07, 6.45) is 0. The highest BCUT2D eigenvalue weighted by atomic mass is 32.1. The first kappa shape index (κ1) is 35.7. The van der Waals surface area contributed by atoms with E-state index in [0.717, 1.165) is 50.1 Å². The van der Waals surface area contributed by atoms with E-state index >= 15 is 0 Å². The molecule has 13 rings (SSSR count). The fourth-order valence-electron chi connectivity index (χ4n) is 10.00. The minimum Gasteiger partial charge on any atom is -0.455 e. The van der Waals surface area contributed by atoms with E-state index in [1.165, 1.54) is 74.7 Å². The number of hydrogen-bond donors (Lipinski definition) is 0. The molecule has 0 saturated carbocycles. The van der Waals surface area contributed by atoms with Gasteiger partial charge in [-0.2, -0.15) is 0 Å². The van der Waals surface area contributed by atoms with Crippen LogP contribution < -0.4 is 4.90 Å². The number of rotatable bonds is 6. The fraction of sp³-hybridized carbons (Fsp3) is 0. The minimum atomic E-state index is 0.867. The SMILES string of the molecule is c1ccc(-c2ccc(-c3ccc(N(c4cccc5c4ccc4ccccc45)c4ccc(-c5cccc6ccccc56)c5oc6ccccc6c45)cc3)c3c2sc2ccccc23)cc1. The monoisotopic (exact) mass is 819 g/mol. The maximum Gasteiger partial charge on any atom is 0.145 e. The minimum absolute atomic E-state index is 0.867. The predicted molar refractivity (Wildman–Crippen MR) is 270 cm³/mol. The average molecular weight is 820 g/mol. The lowest BCUT2D eigenvalue weighted by molar-refractivity contribution is 0.670. The van der Waals surface area contributed by atoms with Gasteiger partial charge in [-0.25, -0.2) is 0 Å². The Balaban J connectivity index is 1.06. The van der Waals surface area contributed by atoms with Crippen molar-refractivity contribution in [1.82, 2.24) is 0 Å². The van der Waals surface area contributed by atoms with Crippen LogP contribution in [0.2, 0.25) is 0 Å². The maximum atomic E-state index is 6.96. The van der Waals surface area contributed by atoms with Crippen LogP contribution in [0.25, 0.3) is 108 Å². The highest BCUT2D eigenvalue weighted by molar-refractivity contribution is 7.26. The molecule has 0 saturated heterocycles. The standard InChI is InChI=1S/C60H37NOS/c1-2-14-39(15-3-1)46-35-34-45(57-52-22-9-11-27-56(52)63-60(46)57)41-28-31-42(32-29-41)61(53-25-13-24-47-44-20-7-5-17-40(44)30-33-49(47)53)54-37-36-50(48-23-12-18-38-16-4-6-19-43(38)48)59-58(54)51-21-8-10-26-55(51)62-59/h1-37H. The van der Waals surface area contributed by atoms with E-state index in [1.54, 1.807) is 0 Å². The molecule has 0 N–H and O–H groups in total. The van der Waals surface area contributed by atoms with Gasteiger partial charge in [0.15, 0.2) is 0 Å². The molecular formula is C60H37NOS. The molecule has 0 amide bonds. The van der Waals surface area contributed by atoms with Crippen molar-refractivity contribution < 1.29 is 4.42 Å². The molecule has 2 aromatic heterocycles. The smallest absolute Gasteiger partial charge is 0.145 e. The molecule has 0 aliphatic carbocycles. The third-order valence-electron chi connectivity index (χ3n) is 12.9. The van der Waals surface area contributed by atoms with Gasteiger partial charge in [-0.15, -0.1) is 11.3 Å². The number of benzene rings is 11. The molecule has 0 fully saturated rings. The van der Waals surface area contributed by atoms with Crippen molar-refractivity contribution >= 4 is 103 Å². The van der Waals surface area contributed by atoms with Crippen molar-refractivity contribution in [2.24, 2.45) is 0 Å². The Morgan fingerprint density at radius 2 is 0.968 bits per heavy atom. The summed E-state index contributed by atoms with van der Waals surface area (Å²) in [5.41, 5.74) is 12.1. The quantitative estimate of drug-likeness (QED) is 0.155. The zero-order valence-corrected chi connectivity index (χ0v) is 34.9. The summed E-state index contributed by atoms with van der Waals surface area (Å²) in [7, 11) is 0. The molecule has 0 atom stereocenters. The van der Waals surface area contributed by atoms with Crippen LogP contribution >= 0.6 is 11.3 Å². The van der Waals surface area contributed by atoms with E-state index in [-0.39, 0.29) is 0 Å². The summed E-state index contributed by atoms with van der Waals surface area (Å²) >= 11 is 1.88. The average Bonchev–Trinajstić information content (AvgIpc) is 3.94. The topological polar surface area (TPSA) is 16.4 Å².